The second kappa shape index (κ2) is 19.0. The standard InChI is InChI=1S/2BrH.Ca.H2O.2H/h2*1H;;1H2;;. The summed E-state index contributed by atoms with van der Waals surface area (Å²) in [5, 5.41) is 0. The SMILES string of the molecule is Br.Br.O.[CaH2]. The minimum atomic E-state index is 0. The van der Waals surface area contributed by atoms with Gasteiger partial charge < -0.3 is 5.48 Å². The summed E-state index contributed by atoms with van der Waals surface area (Å²) in [4.78, 5) is 0. The third kappa shape index (κ3) is 8.89. The normalized spacial score (nSPS) is 0. The second-order valence-electron chi connectivity index (χ2n) is 0. The van der Waals surface area contributed by atoms with Gasteiger partial charge in [-0.15, -0.1) is 34.0 Å². The van der Waals surface area contributed by atoms with Crippen molar-refractivity contribution >= 4 is 71.7 Å². The molecule has 4 heteroatoms. The molecule has 0 atom stereocenters. The van der Waals surface area contributed by atoms with Crippen molar-refractivity contribution in [3.8, 4) is 0 Å². The van der Waals surface area contributed by atoms with Gasteiger partial charge in [-0.3, -0.25) is 0 Å². The van der Waals surface area contributed by atoms with Crippen molar-refractivity contribution in [1.82, 2.24) is 0 Å². The van der Waals surface area contributed by atoms with Crippen LogP contribution in [0.3, 0.4) is 0 Å². The third-order valence-electron chi connectivity index (χ3n) is 0. The van der Waals surface area contributed by atoms with E-state index in [1.54, 1.807) is 0 Å². The first-order chi connectivity index (χ1) is 0. The Kier molecular flexibility index (Phi) is 166. The van der Waals surface area contributed by atoms with Crippen molar-refractivity contribution in [3.63, 3.8) is 0 Å². The molecule has 0 unspecified atom stereocenters. The van der Waals surface area contributed by atoms with Gasteiger partial charge in [0.2, 0.25) is 0 Å². The van der Waals surface area contributed by atoms with E-state index in [4.69, 9.17) is 0 Å². The van der Waals surface area contributed by atoms with Crippen molar-refractivity contribution in [3.05, 3.63) is 0 Å². The van der Waals surface area contributed by atoms with Crippen molar-refractivity contribution < 1.29 is 5.48 Å². The fourth-order valence-corrected chi connectivity index (χ4v) is 0. The molecule has 28 valence electrons. The van der Waals surface area contributed by atoms with Gasteiger partial charge in [0.15, 0.2) is 0 Å². The molecule has 0 aromatic heterocycles. The van der Waals surface area contributed by atoms with E-state index < -0.39 is 0 Å². The van der Waals surface area contributed by atoms with Gasteiger partial charge in [-0.05, 0) is 0 Å². The molecule has 0 rings (SSSR count). The van der Waals surface area contributed by atoms with Gasteiger partial charge in [0.1, 0.15) is 0 Å². The van der Waals surface area contributed by atoms with Gasteiger partial charge in [0.25, 0.3) is 0 Å². The number of halogens is 2. The Morgan fingerprint density at radius 1 is 0.750 bits per heavy atom. The molecule has 4 heavy (non-hydrogen) atoms. The van der Waals surface area contributed by atoms with Crippen LogP contribution < -0.4 is 0 Å². The summed E-state index contributed by atoms with van der Waals surface area (Å²) < 4.78 is 0. The molecule has 0 bridgehead atoms. The quantitative estimate of drug-likeness (QED) is 0.491. The molecule has 0 aliphatic carbocycles. The molecule has 0 radical (unpaired) electrons. The van der Waals surface area contributed by atoms with Gasteiger partial charge in [0, 0.05) is 0 Å². The van der Waals surface area contributed by atoms with Crippen molar-refractivity contribution in [2.75, 3.05) is 0 Å². The molecule has 0 saturated carbocycles. The van der Waals surface area contributed by atoms with Gasteiger partial charge in [-0.2, -0.15) is 0 Å². The van der Waals surface area contributed by atoms with Crippen LogP contribution in [0.2, 0.25) is 0 Å². The van der Waals surface area contributed by atoms with Gasteiger partial charge >= 0.3 is 37.7 Å². The summed E-state index contributed by atoms with van der Waals surface area (Å²) >= 11 is 0. The molecule has 0 aliphatic heterocycles. The number of hydrogen-bond acceptors (Lipinski definition) is 0. The first kappa shape index (κ1) is 34.9. The Hall–Kier alpha value is 2.18. The Morgan fingerprint density at radius 3 is 0.750 bits per heavy atom. The zero-order chi connectivity index (χ0) is 0. The van der Waals surface area contributed by atoms with E-state index in [0.29, 0.717) is 0 Å². The molecule has 0 saturated heterocycles. The molecule has 0 aromatic carbocycles. The fourth-order valence-electron chi connectivity index (χ4n) is 0. The van der Waals surface area contributed by atoms with E-state index in [2.05, 4.69) is 0 Å². The predicted molar refractivity (Wildman–Crippen MR) is 32.8 cm³/mol. The average Bonchev–Trinajstić information content (AvgIpc) is 0. The zero-order valence-electron chi connectivity index (χ0n) is 1.32. The van der Waals surface area contributed by atoms with Crippen LogP contribution in [-0.2, 0) is 0 Å². The first-order valence-corrected chi connectivity index (χ1v) is 0. The summed E-state index contributed by atoms with van der Waals surface area (Å²) in [5.74, 6) is 0. The van der Waals surface area contributed by atoms with E-state index in [-0.39, 0.29) is 77.2 Å². The Bertz CT molecular complexity index is 6.00. The first-order valence-electron chi connectivity index (χ1n) is 0. The second-order valence-corrected chi connectivity index (χ2v) is 0. The third-order valence-corrected chi connectivity index (χ3v) is 0. The Balaban J connectivity index is 0. The van der Waals surface area contributed by atoms with E-state index >= 15 is 0 Å². The summed E-state index contributed by atoms with van der Waals surface area (Å²) in [7, 11) is 0. The maximum atomic E-state index is 0. The predicted octanol–water partition coefficient (Wildman–Crippen LogP) is -0.585. The van der Waals surface area contributed by atoms with Gasteiger partial charge in [-0.1, -0.05) is 0 Å². The summed E-state index contributed by atoms with van der Waals surface area (Å²) in [6.45, 7) is 0. The topological polar surface area (TPSA) is 31.5 Å². The Labute approximate surface area is 76.0 Å². The molecule has 0 heterocycles. The number of rotatable bonds is 0. The van der Waals surface area contributed by atoms with Crippen LogP contribution in [0.1, 0.15) is 0 Å². The van der Waals surface area contributed by atoms with Crippen LogP contribution in [0.15, 0.2) is 0 Å². The van der Waals surface area contributed by atoms with Crippen LogP contribution in [0, 0.1) is 0 Å². The molecule has 1 nitrogen and oxygen atoms in total. The zero-order valence-corrected chi connectivity index (χ0v) is 4.74. The molecule has 2 N–H and O–H groups in total. The van der Waals surface area contributed by atoms with E-state index in [1.807, 2.05) is 0 Å². The minimum absolute atomic E-state index is 0. The van der Waals surface area contributed by atoms with E-state index in [0.717, 1.165) is 0 Å². The molecule has 0 aromatic rings. The van der Waals surface area contributed by atoms with Crippen LogP contribution in [-0.4, -0.2) is 43.2 Å². The van der Waals surface area contributed by atoms with Crippen molar-refractivity contribution in [2.24, 2.45) is 0 Å². The van der Waals surface area contributed by atoms with E-state index in [1.165, 1.54) is 0 Å². The van der Waals surface area contributed by atoms with Gasteiger partial charge in [0.05, 0.1) is 0 Å². The monoisotopic (exact) mass is 220 g/mol. The summed E-state index contributed by atoms with van der Waals surface area (Å²) in [6.07, 6.45) is 0. The van der Waals surface area contributed by atoms with Crippen LogP contribution in [0.5, 0.6) is 0 Å². The van der Waals surface area contributed by atoms with Gasteiger partial charge in [-0.25, -0.2) is 0 Å². The maximum absolute atomic E-state index is 0. The van der Waals surface area contributed by atoms with Crippen LogP contribution >= 0.6 is 34.0 Å². The number of hydrogen-bond donors (Lipinski definition) is 0. The summed E-state index contributed by atoms with van der Waals surface area (Å²) in [6, 6.07) is 0. The molecule has 0 spiro atoms. The molecule has 0 fully saturated rings. The molecular formula is H6Br2CaO. The Morgan fingerprint density at radius 2 is 0.750 bits per heavy atom. The summed E-state index contributed by atoms with van der Waals surface area (Å²) in [5.41, 5.74) is 0. The van der Waals surface area contributed by atoms with Crippen molar-refractivity contribution in [2.45, 2.75) is 0 Å². The molecular weight excluding hydrogens is 216 g/mol. The van der Waals surface area contributed by atoms with Crippen LogP contribution in [0.4, 0.5) is 0 Å². The fraction of sp³-hybridized carbons (Fsp3) is 0. The van der Waals surface area contributed by atoms with Crippen LogP contribution in [0.25, 0.3) is 0 Å². The van der Waals surface area contributed by atoms with E-state index in [9.17, 15) is 0 Å². The van der Waals surface area contributed by atoms with Crippen molar-refractivity contribution in [1.29, 1.82) is 0 Å². The molecule has 0 aliphatic rings. The molecule has 0 amide bonds. The average molecular weight is 222 g/mol.